The van der Waals surface area contributed by atoms with E-state index in [1.54, 1.807) is 4.40 Å². The summed E-state index contributed by atoms with van der Waals surface area (Å²) < 4.78 is 5.68. The molecule has 0 saturated carbocycles. The average molecular weight is 485 g/mol. The molecule has 0 bridgehead atoms. The number of unbranched alkanes of at least 4 members (excludes halogenated alkanes) is 2. The Balaban J connectivity index is 1.33. The van der Waals surface area contributed by atoms with Gasteiger partial charge in [0.1, 0.15) is 11.3 Å². The second-order valence-electron chi connectivity index (χ2n) is 10.0. The van der Waals surface area contributed by atoms with Gasteiger partial charge in [-0.1, -0.05) is 38.0 Å². The van der Waals surface area contributed by atoms with Gasteiger partial charge in [0.2, 0.25) is 5.78 Å². The van der Waals surface area contributed by atoms with Crippen molar-refractivity contribution in [3.63, 3.8) is 0 Å². The van der Waals surface area contributed by atoms with Crippen LogP contribution >= 0.6 is 0 Å². The number of likely N-dealkylation sites (N-methyl/N-ethyl adjacent to an activating group) is 1. The average Bonchev–Trinajstić information content (AvgIpc) is 3.60. The van der Waals surface area contributed by atoms with Crippen molar-refractivity contribution in [2.45, 2.75) is 59.2 Å². The standard InChI is InChI=1S/C27H32N8O/c1-4-5-6-10-34-24-13-23(29-25(24)26(36)35-18(2)30-31-27(34)35)22-14-28-33(17-22)15-19-7-8-21-16-32(3)11-9-20(21)12-19/h7-8,12-14,17,29H,4-6,9-11,15-16H2,1-3H3. The number of hydrogen-bond acceptors (Lipinski definition) is 5. The van der Waals surface area contributed by atoms with Crippen LogP contribution in [0.5, 0.6) is 0 Å². The topological polar surface area (TPSA) is 89.0 Å². The van der Waals surface area contributed by atoms with Crippen LogP contribution in [0.3, 0.4) is 0 Å². The molecule has 0 spiro atoms. The molecule has 0 aliphatic carbocycles. The van der Waals surface area contributed by atoms with Crippen LogP contribution in [0.1, 0.15) is 48.7 Å². The van der Waals surface area contributed by atoms with E-state index < -0.39 is 0 Å². The van der Waals surface area contributed by atoms with Crippen LogP contribution in [-0.4, -0.2) is 52.4 Å². The summed E-state index contributed by atoms with van der Waals surface area (Å²) in [7, 11) is 2.17. The third-order valence-corrected chi connectivity index (χ3v) is 7.30. The highest BCUT2D eigenvalue weighted by Crippen LogP contribution is 2.25. The number of fused-ring (bicyclic) bond motifs is 3. The van der Waals surface area contributed by atoms with Gasteiger partial charge in [0.15, 0.2) is 0 Å². The SMILES string of the molecule is CCCCCn1c2cc(-c3cnn(Cc4ccc5c(c4)CCN(C)C5)c3)[nH]c2c(=O)n2c(C)nnc12. The minimum Gasteiger partial charge on any atom is -0.349 e. The summed E-state index contributed by atoms with van der Waals surface area (Å²) in [6, 6.07) is 8.82. The van der Waals surface area contributed by atoms with Gasteiger partial charge in [-0.3, -0.25) is 9.48 Å². The summed E-state index contributed by atoms with van der Waals surface area (Å²) in [6.07, 6.45) is 8.27. The highest BCUT2D eigenvalue weighted by molar-refractivity contribution is 5.83. The van der Waals surface area contributed by atoms with Crippen LogP contribution in [0.2, 0.25) is 0 Å². The first kappa shape index (κ1) is 22.7. The summed E-state index contributed by atoms with van der Waals surface area (Å²) in [5.41, 5.74) is 7.27. The van der Waals surface area contributed by atoms with Crippen LogP contribution in [0.15, 0.2) is 41.5 Å². The highest BCUT2D eigenvalue weighted by atomic mass is 16.1. The molecular weight excluding hydrogens is 452 g/mol. The van der Waals surface area contributed by atoms with E-state index >= 15 is 0 Å². The Morgan fingerprint density at radius 3 is 2.86 bits per heavy atom. The van der Waals surface area contributed by atoms with E-state index in [-0.39, 0.29) is 5.56 Å². The van der Waals surface area contributed by atoms with Gasteiger partial charge in [-0.15, -0.1) is 10.2 Å². The zero-order valence-electron chi connectivity index (χ0n) is 21.2. The number of nitrogens with one attached hydrogen (secondary N) is 1. The first-order chi connectivity index (χ1) is 17.5. The molecule has 1 N–H and O–H groups in total. The van der Waals surface area contributed by atoms with E-state index in [4.69, 9.17) is 0 Å². The number of aryl methyl sites for hydroxylation is 2. The molecule has 6 rings (SSSR count). The van der Waals surface area contributed by atoms with Crippen LogP contribution in [0.4, 0.5) is 0 Å². The van der Waals surface area contributed by atoms with E-state index in [0.29, 0.717) is 23.7 Å². The van der Waals surface area contributed by atoms with Crippen molar-refractivity contribution in [2.75, 3.05) is 13.6 Å². The molecule has 9 heteroatoms. The number of nitrogens with zero attached hydrogens (tertiary/aromatic N) is 7. The van der Waals surface area contributed by atoms with Crippen LogP contribution in [0.25, 0.3) is 28.1 Å². The number of benzene rings is 1. The first-order valence-electron chi connectivity index (χ1n) is 12.8. The second kappa shape index (κ2) is 9.05. The molecule has 0 amide bonds. The Morgan fingerprint density at radius 1 is 1.11 bits per heavy atom. The fourth-order valence-electron chi connectivity index (χ4n) is 5.32. The predicted molar refractivity (Wildman–Crippen MR) is 140 cm³/mol. The number of hydrogen-bond donors (Lipinski definition) is 1. The molecule has 0 unspecified atom stereocenters. The van der Waals surface area contributed by atoms with Gasteiger partial charge in [-0.25, -0.2) is 4.40 Å². The quantitative estimate of drug-likeness (QED) is 0.355. The Morgan fingerprint density at radius 2 is 2.00 bits per heavy atom. The molecule has 4 aromatic heterocycles. The van der Waals surface area contributed by atoms with E-state index in [1.165, 1.54) is 16.7 Å². The number of H-pyrrole nitrogens is 1. The Bertz CT molecular complexity index is 1620. The lowest BCUT2D eigenvalue weighted by atomic mass is 9.97. The zero-order valence-corrected chi connectivity index (χ0v) is 21.2. The summed E-state index contributed by atoms with van der Waals surface area (Å²) in [4.78, 5) is 19.0. The van der Waals surface area contributed by atoms with Gasteiger partial charge >= 0.3 is 0 Å². The van der Waals surface area contributed by atoms with Crippen LogP contribution in [0, 0.1) is 6.92 Å². The molecule has 5 aromatic rings. The fourth-order valence-corrected chi connectivity index (χ4v) is 5.32. The van der Waals surface area contributed by atoms with Crippen molar-refractivity contribution in [3.05, 3.63) is 69.5 Å². The summed E-state index contributed by atoms with van der Waals surface area (Å²) >= 11 is 0. The van der Waals surface area contributed by atoms with Gasteiger partial charge in [-0.05, 0) is 49.6 Å². The smallest absolute Gasteiger partial charge is 0.284 e. The maximum atomic E-state index is 13.3. The van der Waals surface area contributed by atoms with Crippen molar-refractivity contribution in [2.24, 2.45) is 0 Å². The molecular formula is C27H32N8O. The number of aromatic nitrogens is 7. The minimum absolute atomic E-state index is 0.118. The highest BCUT2D eigenvalue weighted by Gasteiger charge is 2.18. The molecule has 0 radical (unpaired) electrons. The molecule has 0 fully saturated rings. The van der Waals surface area contributed by atoms with Crippen LogP contribution in [-0.2, 0) is 26.1 Å². The van der Waals surface area contributed by atoms with Crippen molar-refractivity contribution in [1.29, 1.82) is 0 Å². The largest absolute Gasteiger partial charge is 0.349 e. The van der Waals surface area contributed by atoms with Crippen molar-refractivity contribution >= 4 is 16.8 Å². The van der Waals surface area contributed by atoms with Gasteiger partial charge in [-0.2, -0.15) is 5.10 Å². The molecule has 1 aromatic carbocycles. The second-order valence-corrected chi connectivity index (χ2v) is 10.0. The minimum atomic E-state index is -0.118. The molecule has 0 atom stereocenters. The van der Waals surface area contributed by atoms with Gasteiger partial charge in [0.05, 0.1) is 24.0 Å². The van der Waals surface area contributed by atoms with Crippen molar-refractivity contribution in [3.8, 4) is 11.3 Å². The van der Waals surface area contributed by atoms with Crippen molar-refractivity contribution in [1.82, 2.24) is 38.8 Å². The van der Waals surface area contributed by atoms with Gasteiger partial charge < -0.3 is 14.5 Å². The molecule has 36 heavy (non-hydrogen) atoms. The zero-order chi connectivity index (χ0) is 24.8. The fraction of sp³-hybridized carbons (Fsp3) is 0.407. The molecule has 186 valence electrons. The van der Waals surface area contributed by atoms with E-state index in [2.05, 4.69) is 61.9 Å². The summed E-state index contributed by atoms with van der Waals surface area (Å²) in [5.74, 6) is 1.20. The monoisotopic (exact) mass is 484 g/mol. The van der Waals surface area contributed by atoms with E-state index in [1.807, 2.05) is 30.1 Å². The van der Waals surface area contributed by atoms with Gasteiger partial charge in [0.25, 0.3) is 5.56 Å². The van der Waals surface area contributed by atoms with Crippen LogP contribution < -0.4 is 5.56 Å². The molecule has 1 aliphatic rings. The Labute approximate surface area is 209 Å². The lowest BCUT2D eigenvalue weighted by Gasteiger charge is -2.25. The first-order valence-corrected chi connectivity index (χ1v) is 12.8. The maximum absolute atomic E-state index is 13.3. The number of aromatic amines is 1. The van der Waals surface area contributed by atoms with E-state index in [0.717, 1.165) is 62.1 Å². The third kappa shape index (κ3) is 3.93. The number of rotatable bonds is 7. The molecule has 5 heterocycles. The lowest BCUT2D eigenvalue weighted by molar-refractivity contribution is 0.313. The molecule has 1 aliphatic heterocycles. The maximum Gasteiger partial charge on any atom is 0.284 e. The molecule has 0 saturated heterocycles. The van der Waals surface area contributed by atoms with E-state index in [9.17, 15) is 4.79 Å². The lowest BCUT2D eigenvalue weighted by Crippen LogP contribution is -2.26. The summed E-state index contributed by atoms with van der Waals surface area (Å²) in [5, 5.41) is 13.1. The van der Waals surface area contributed by atoms with Crippen molar-refractivity contribution < 1.29 is 0 Å². The molecule has 9 nitrogen and oxygen atoms in total. The Hall–Kier alpha value is -3.72. The van der Waals surface area contributed by atoms with Gasteiger partial charge in [0, 0.05) is 31.4 Å². The third-order valence-electron chi connectivity index (χ3n) is 7.30. The normalized spacial score (nSPS) is 14.2. The predicted octanol–water partition coefficient (Wildman–Crippen LogP) is 3.77. The Kier molecular flexibility index (Phi) is 5.72. The summed E-state index contributed by atoms with van der Waals surface area (Å²) in [6.45, 7) is 7.62.